The van der Waals surface area contributed by atoms with Crippen LogP contribution in [0, 0.1) is 0 Å². The van der Waals surface area contributed by atoms with Crippen molar-refractivity contribution < 1.29 is 85.3 Å². The molecule has 0 amide bonds. The molecule has 6 aromatic rings. The predicted molar refractivity (Wildman–Crippen MR) is 256 cm³/mol. The number of rotatable bonds is 24. The monoisotopic (exact) mass is 1060 g/mol. The molecule has 0 aliphatic heterocycles. The number of aromatic nitrogens is 6. The summed E-state index contributed by atoms with van der Waals surface area (Å²) < 4.78 is 71.6. The van der Waals surface area contributed by atoms with Crippen molar-refractivity contribution in [3.63, 3.8) is 0 Å². The lowest BCUT2D eigenvalue weighted by Gasteiger charge is -2.20. The summed E-state index contributed by atoms with van der Waals surface area (Å²) in [5.41, 5.74) is -0.526. The van der Waals surface area contributed by atoms with E-state index in [1.807, 2.05) is 0 Å². The maximum atomic E-state index is 12.8. The number of nitrogens with zero attached hydrogens (tertiary/aromatic N) is 8. The first kappa shape index (κ1) is 53.4. The van der Waals surface area contributed by atoms with Crippen LogP contribution >= 0.6 is 0 Å². The Morgan fingerprint density at radius 1 is 0.419 bits per heavy atom. The van der Waals surface area contributed by atoms with E-state index in [1.165, 1.54) is 60.7 Å². The molecule has 0 fully saturated rings. The number of aromatic carboxylic acids is 2. The normalized spacial score (nSPS) is 11.3. The van der Waals surface area contributed by atoms with Crippen molar-refractivity contribution in [3.05, 3.63) is 107 Å². The zero-order valence-electron chi connectivity index (χ0n) is 37.1. The average molecular weight is 1060 g/mol. The lowest BCUT2D eigenvalue weighted by molar-refractivity contribution is -0.138. The van der Waals surface area contributed by atoms with Crippen LogP contribution in [0.3, 0.4) is 0 Å². The molecule has 0 aliphatic carbocycles. The summed E-state index contributed by atoms with van der Waals surface area (Å²) in [4.78, 5) is 93.9. The first-order valence-corrected chi connectivity index (χ1v) is 23.2. The second-order valence-electron chi connectivity index (χ2n) is 14.9. The molecular formula is C42H36N12O18S2. The maximum Gasteiger partial charge on any atom is 0.335 e. The van der Waals surface area contributed by atoms with Gasteiger partial charge in [0, 0.05) is 22.7 Å². The number of carboxylic acid groups (broad SMARTS) is 6. The number of carbonyl (C=O) groups is 6. The summed E-state index contributed by atoms with van der Waals surface area (Å²) in [6, 6.07) is 16.9. The Morgan fingerprint density at radius 3 is 0.946 bits per heavy atom. The highest BCUT2D eigenvalue weighted by Gasteiger charge is 2.24. The van der Waals surface area contributed by atoms with E-state index in [-0.39, 0.29) is 56.9 Å². The molecule has 384 valence electrons. The minimum absolute atomic E-state index is 0.0738. The molecule has 0 radical (unpaired) electrons. The van der Waals surface area contributed by atoms with E-state index in [1.54, 1.807) is 0 Å². The fourth-order valence-electron chi connectivity index (χ4n) is 6.32. The largest absolute Gasteiger partial charge is 0.480 e. The topological polar surface area (TPSA) is 464 Å². The second kappa shape index (κ2) is 22.4. The van der Waals surface area contributed by atoms with Crippen LogP contribution in [-0.2, 0) is 39.4 Å². The molecule has 12 N–H and O–H groups in total. The van der Waals surface area contributed by atoms with Crippen molar-refractivity contribution >= 4 is 127 Å². The van der Waals surface area contributed by atoms with Crippen LogP contribution in [0.4, 0.5) is 58.4 Å². The highest BCUT2D eigenvalue weighted by molar-refractivity contribution is 7.86. The van der Waals surface area contributed by atoms with Gasteiger partial charge in [0.25, 0.3) is 20.2 Å². The maximum absolute atomic E-state index is 12.8. The van der Waals surface area contributed by atoms with Crippen molar-refractivity contribution in [2.45, 2.75) is 9.79 Å². The van der Waals surface area contributed by atoms with Gasteiger partial charge in [-0.3, -0.25) is 28.3 Å². The van der Waals surface area contributed by atoms with Gasteiger partial charge in [-0.05, 0) is 83.9 Å². The van der Waals surface area contributed by atoms with E-state index in [0.717, 1.165) is 46.2 Å². The Hall–Kier alpha value is -9.92. The summed E-state index contributed by atoms with van der Waals surface area (Å²) in [7, 11) is -10.2. The number of aliphatic carboxylic acids is 4. The number of benzene rings is 4. The van der Waals surface area contributed by atoms with Crippen molar-refractivity contribution in [2.24, 2.45) is 0 Å². The van der Waals surface area contributed by atoms with Crippen LogP contribution in [-0.4, -0.2) is 148 Å². The molecule has 0 aliphatic rings. The third kappa shape index (κ3) is 14.8. The molecule has 0 bridgehead atoms. The summed E-state index contributed by atoms with van der Waals surface area (Å²) >= 11 is 0. The molecule has 0 spiro atoms. The molecule has 4 aromatic carbocycles. The summed E-state index contributed by atoms with van der Waals surface area (Å²) in [5.74, 6) is -10.8. The lowest BCUT2D eigenvalue weighted by Crippen LogP contribution is -2.36. The standard InChI is InChI=1S/C42H36N12O18S2/c55-31(56)17-53(18-32(57)58)41-49-37(43-25-9-5-23(6-10-25)35(63)64)47-39(51-41)45-27-13-3-21(29(15-27)73(67,68)69)1-2-22-4-14-28(16-30(22)74(70,71)72)46-40-48-38(44-26-11-7-24(8-12-26)36(65)66)50-42(52-40)54(19-33(59)60)20-34(61)62/h1-16H,17-20H2,(H,55,56)(H,57,58)(H,59,60)(H,61,62)(H,63,64)(H,65,66)(H,67,68,69)(H,70,71,72)(H2,43,45,47,49,51)(H2,44,46,48,50,52)/b2-1+. The van der Waals surface area contributed by atoms with Gasteiger partial charge in [0.1, 0.15) is 36.0 Å². The first-order chi connectivity index (χ1) is 34.8. The average Bonchev–Trinajstić information content (AvgIpc) is 3.30. The number of anilines is 10. The van der Waals surface area contributed by atoms with Crippen LogP contribution in [0.1, 0.15) is 31.8 Å². The van der Waals surface area contributed by atoms with Crippen molar-refractivity contribution in [2.75, 3.05) is 57.2 Å². The molecule has 2 heterocycles. The summed E-state index contributed by atoms with van der Waals surface area (Å²) in [6.07, 6.45) is 2.11. The Morgan fingerprint density at radius 2 is 0.689 bits per heavy atom. The molecule has 0 unspecified atom stereocenters. The van der Waals surface area contributed by atoms with Gasteiger partial charge in [0.05, 0.1) is 11.1 Å². The van der Waals surface area contributed by atoms with Gasteiger partial charge < -0.3 is 61.7 Å². The highest BCUT2D eigenvalue weighted by atomic mass is 32.2. The highest BCUT2D eigenvalue weighted by Crippen LogP contribution is 2.30. The minimum atomic E-state index is -5.12. The summed E-state index contributed by atoms with van der Waals surface area (Å²) in [5, 5.41) is 67.2. The van der Waals surface area contributed by atoms with E-state index in [4.69, 9.17) is 0 Å². The molecule has 74 heavy (non-hydrogen) atoms. The van der Waals surface area contributed by atoms with Crippen LogP contribution in [0.5, 0.6) is 0 Å². The Balaban J connectivity index is 1.33. The summed E-state index contributed by atoms with van der Waals surface area (Å²) in [6.45, 7) is -3.63. The van der Waals surface area contributed by atoms with Gasteiger partial charge in [0.2, 0.25) is 35.7 Å². The van der Waals surface area contributed by atoms with Gasteiger partial charge in [-0.25, -0.2) is 9.59 Å². The van der Waals surface area contributed by atoms with E-state index >= 15 is 0 Å². The number of carboxylic acids is 6. The Kier molecular flexibility index (Phi) is 16.2. The molecule has 6 rings (SSSR count). The van der Waals surface area contributed by atoms with Crippen molar-refractivity contribution in [1.29, 1.82) is 0 Å². The van der Waals surface area contributed by atoms with E-state index in [0.29, 0.717) is 0 Å². The van der Waals surface area contributed by atoms with Gasteiger partial charge in [-0.2, -0.15) is 46.7 Å². The van der Waals surface area contributed by atoms with Crippen LogP contribution in [0.25, 0.3) is 12.2 Å². The third-order valence-corrected chi connectivity index (χ3v) is 11.2. The van der Waals surface area contributed by atoms with E-state index in [2.05, 4.69) is 51.2 Å². The third-order valence-electron chi connectivity index (χ3n) is 9.43. The van der Waals surface area contributed by atoms with E-state index < -0.39 is 116 Å². The zero-order chi connectivity index (χ0) is 54.1. The molecule has 2 aromatic heterocycles. The molecular weight excluding hydrogens is 1020 g/mol. The lowest BCUT2D eigenvalue weighted by atomic mass is 10.1. The fraction of sp³-hybridized carbons (Fsp3) is 0.0952. The smallest absolute Gasteiger partial charge is 0.335 e. The van der Waals surface area contributed by atoms with Gasteiger partial charge >= 0.3 is 35.8 Å². The van der Waals surface area contributed by atoms with Crippen LogP contribution < -0.4 is 31.1 Å². The fourth-order valence-corrected chi connectivity index (χ4v) is 7.74. The molecule has 0 atom stereocenters. The molecule has 0 saturated heterocycles. The molecule has 32 heteroatoms. The zero-order valence-corrected chi connectivity index (χ0v) is 38.8. The van der Waals surface area contributed by atoms with Crippen molar-refractivity contribution in [1.82, 2.24) is 29.9 Å². The van der Waals surface area contributed by atoms with Crippen molar-refractivity contribution in [3.8, 4) is 0 Å². The SMILES string of the molecule is O=C(O)CN(CC(=O)O)c1nc(Nc2ccc(C(=O)O)cc2)nc(Nc2ccc(/C=C/c3ccc(Nc4nc(Nc5ccc(C(=O)O)cc5)nc(N(CC(=O)O)CC(=O)O)n4)cc3S(=O)(=O)O)c(S(=O)(=O)O)c2)n1. The quantitative estimate of drug-likeness (QED) is 0.0306. The van der Waals surface area contributed by atoms with Crippen LogP contribution in [0.2, 0.25) is 0 Å². The predicted octanol–water partition coefficient (Wildman–Crippen LogP) is 3.04. The first-order valence-electron chi connectivity index (χ1n) is 20.3. The van der Waals surface area contributed by atoms with E-state index in [9.17, 15) is 85.3 Å². The number of hydrogen-bond acceptors (Lipinski definition) is 22. The minimum Gasteiger partial charge on any atom is -0.480 e. The Bertz CT molecular complexity index is 3200. The van der Waals surface area contributed by atoms with Crippen LogP contribution in [0.15, 0.2) is 94.7 Å². The second-order valence-corrected chi connectivity index (χ2v) is 17.7. The number of hydrogen-bond donors (Lipinski definition) is 12. The van der Waals surface area contributed by atoms with Gasteiger partial charge in [-0.15, -0.1) is 0 Å². The Labute approximate surface area is 414 Å². The number of nitrogens with one attached hydrogen (secondary N) is 4. The molecule has 0 saturated carbocycles. The van der Waals surface area contributed by atoms with Gasteiger partial charge in [-0.1, -0.05) is 24.3 Å². The molecule has 30 nitrogen and oxygen atoms in total. The van der Waals surface area contributed by atoms with Gasteiger partial charge in [0.15, 0.2) is 0 Å².